The number of fused-ring (bicyclic) bond motifs is 1. The van der Waals surface area contributed by atoms with Crippen molar-refractivity contribution in [3.8, 4) is 16.2 Å². The van der Waals surface area contributed by atoms with Gasteiger partial charge in [-0.1, -0.05) is 68.4 Å². The summed E-state index contributed by atoms with van der Waals surface area (Å²) < 4.78 is 37.3. The maximum absolute atomic E-state index is 14.0. The van der Waals surface area contributed by atoms with Crippen LogP contribution in [0.4, 0.5) is 17.5 Å². The lowest BCUT2D eigenvalue weighted by molar-refractivity contribution is -0.144. The molecule has 2 saturated heterocycles. The number of benzene rings is 2. The number of amides is 3. The van der Waals surface area contributed by atoms with Gasteiger partial charge in [0, 0.05) is 63.1 Å². The minimum absolute atomic E-state index is 0.0270. The van der Waals surface area contributed by atoms with Crippen molar-refractivity contribution in [2.75, 3.05) is 110 Å². The van der Waals surface area contributed by atoms with E-state index in [0.717, 1.165) is 76.3 Å². The number of ether oxygens (including phenoxy) is 6. The van der Waals surface area contributed by atoms with Gasteiger partial charge in [0.2, 0.25) is 23.7 Å². The quantitative estimate of drug-likeness (QED) is 0.0314. The van der Waals surface area contributed by atoms with Crippen molar-refractivity contribution in [2.45, 2.75) is 91.1 Å². The van der Waals surface area contributed by atoms with Crippen LogP contribution in [-0.2, 0) is 58.1 Å². The molecule has 2 aromatic carbocycles. The first-order chi connectivity index (χ1) is 41.8. The summed E-state index contributed by atoms with van der Waals surface area (Å²) in [6, 6.07) is 13.1. The van der Waals surface area contributed by atoms with Gasteiger partial charge >= 0.3 is 0 Å². The van der Waals surface area contributed by atoms with Gasteiger partial charge in [-0.05, 0) is 79.8 Å². The molecule has 3 amide bonds. The normalized spacial score (nSPS) is 16.2. The molecule has 470 valence electrons. The van der Waals surface area contributed by atoms with E-state index in [1.165, 1.54) is 4.90 Å². The van der Waals surface area contributed by atoms with Crippen LogP contribution in [0.2, 0.25) is 5.02 Å². The molecule has 0 saturated carbocycles. The van der Waals surface area contributed by atoms with Gasteiger partial charge in [-0.3, -0.25) is 19.2 Å². The number of rotatable bonds is 32. The molecule has 2 fully saturated rings. The molecule has 6 heterocycles. The molecule has 4 aromatic heterocycles. The number of likely N-dealkylation sites (tertiary alicyclic amines) is 1. The number of hydrogen-bond donors (Lipinski definition) is 5. The number of β-amino-alcohol motifs (C(OH)–C–C–N with tert-alkyl or cyclic N) is 1. The number of piperidine rings is 1. The number of likely N-dealkylation sites (N-methyl/N-ethyl adjacent to an activating group) is 1. The number of anilines is 3. The third kappa shape index (κ3) is 18.7. The van der Waals surface area contributed by atoms with E-state index in [0.29, 0.717) is 81.2 Å². The Morgan fingerprint density at radius 3 is 2.23 bits per heavy atom. The van der Waals surface area contributed by atoms with Gasteiger partial charge in [-0.2, -0.15) is 4.98 Å². The Bertz CT molecular complexity index is 3310. The molecule has 0 radical (unpaired) electrons. The zero-order valence-electron chi connectivity index (χ0n) is 50.7. The number of pyridine rings is 1. The molecule has 0 unspecified atom stereocenters. The lowest BCUT2D eigenvalue weighted by Crippen LogP contribution is -2.58. The Balaban J connectivity index is 0.635. The number of carbonyl (C=O) groups is 3. The molecule has 2 aliphatic heterocycles. The second kappa shape index (κ2) is 31.7. The molecular weight excluding hydrogens is 1160 g/mol. The highest BCUT2D eigenvalue weighted by Gasteiger charge is 2.45. The van der Waals surface area contributed by atoms with Crippen LogP contribution >= 0.6 is 22.9 Å². The number of aromatic nitrogens is 7. The maximum atomic E-state index is 14.0. The van der Waals surface area contributed by atoms with Crippen molar-refractivity contribution in [1.29, 1.82) is 0 Å². The molecule has 87 heavy (non-hydrogen) atoms. The van der Waals surface area contributed by atoms with Crippen LogP contribution in [0.15, 0.2) is 83.5 Å². The molecule has 6 aromatic rings. The fourth-order valence-corrected chi connectivity index (χ4v) is 11.2. The minimum Gasteiger partial charge on any atom is -0.482 e. The fraction of sp³-hybridized carbons (Fsp3) is 0.525. The topological polar surface area (TPSA) is 273 Å². The van der Waals surface area contributed by atoms with Gasteiger partial charge < -0.3 is 69.2 Å². The summed E-state index contributed by atoms with van der Waals surface area (Å²) in [6.45, 7) is 18.3. The van der Waals surface area contributed by atoms with Crippen molar-refractivity contribution < 1.29 is 47.9 Å². The highest BCUT2D eigenvalue weighted by Crippen LogP contribution is 2.32. The molecule has 2 aliphatic rings. The number of nitrogens with zero attached hydrogens (tertiary/aromatic N) is 9. The summed E-state index contributed by atoms with van der Waals surface area (Å²) in [5.74, 6) is 0.420. The number of aliphatic hydroxyl groups is 1. The summed E-state index contributed by atoms with van der Waals surface area (Å²) in [5.41, 5.74) is 6.85. The Morgan fingerprint density at radius 1 is 0.897 bits per heavy atom. The van der Waals surface area contributed by atoms with Crippen molar-refractivity contribution >= 4 is 69.0 Å². The first kappa shape index (κ1) is 65.9. The van der Waals surface area contributed by atoms with Gasteiger partial charge in [0.1, 0.15) is 30.3 Å². The van der Waals surface area contributed by atoms with E-state index in [9.17, 15) is 24.3 Å². The van der Waals surface area contributed by atoms with Crippen LogP contribution in [0.25, 0.3) is 21.3 Å². The molecule has 5 N–H and O–H groups in total. The van der Waals surface area contributed by atoms with E-state index < -0.39 is 35.4 Å². The Labute approximate surface area is 516 Å². The van der Waals surface area contributed by atoms with Gasteiger partial charge in [0.05, 0.1) is 112 Å². The Hall–Kier alpha value is -7.10. The zero-order chi connectivity index (χ0) is 62.0. The summed E-state index contributed by atoms with van der Waals surface area (Å²) in [6.07, 6.45) is 5.49. The van der Waals surface area contributed by atoms with E-state index in [-0.39, 0.29) is 62.7 Å². The summed E-state index contributed by atoms with van der Waals surface area (Å²) in [7, 11) is 3.46. The molecule has 4 atom stereocenters. The Morgan fingerprint density at radius 2 is 1.57 bits per heavy atom. The highest BCUT2D eigenvalue weighted by molar-refractivity contribution is 7.13. The largest absolute Gasteiger partial charge is 0.482 e. The Kier molecular flexibility index (Phi) is 24.0. The predicted molar refractivity (Wildman–Crippen MR) is 332 cm³/mol. The third-order valence-electron chi connectivity index (χ3n) is 15.2. The minimum atomic E-state index is -0.978. The molecule has 8 rings (SSSR count). The molecule has 0 spiro atoms. The van der Waals surface area contributed by atoms with Crippen LogP contribution in [0.3, 0.4) is 0 Å². The number of thiazole rings is 1. The highest BCUT2D eigenvalue weighted by atomic mass is 35.5. The van der Waals surface area contributed by atoms with E-state index >= 15 is 0 Å². The van der Waals surface area contributed by atoms with Crippen LogP contribution < -0.4 is 36.5 Å². The smallest absolute Gasteiger partial charge is 0.293 e. The number of halogens is 1. The number of aliphatic hydroxyl groups excluding tert-OH is 1. The number of hydrogen-bond acceptors (Lipinski definition) is 20. The lowest BCUT2D eigenvalue weighted by atomic mass is 9.85. The molecule has 24 nitrogen and oxygen atoms in total. The average Bonchev–Trinajstić information content (AvgIpc) is 1.98. The monoisotopic (exact) mass is 1240 g/mol. The standard InChI is InChI=1S/C61H82ClN13O11S/c1-39(63-7)36-86-52-31-45-30-46(13-14-50(45)72(8)58(52)79)67-56-49(62)33-64-60(69-56)73-17-15-42(16-18-73)29-47-34-74(71-70-47)19-20-81-21-22-82-23-24-83-25-26-84-27-28-85-37-53(77)68-55(61(4,5)6)59(80)75-35-48(76)32-51(75)57(78)66-40(2)43-9-11-44(12-10-43)54-41(3)65-38-87-54/h9-14,30-31,33-34,38,40,42,48,51,55,63,76H,1,15-29,32,35-37H2,2-8H3,(H,66,78)(H,68,77)(H,64,67,69)/t40-,48+,51-,55+/m0/s1. The van der Waals surface area contributed by atoms with Crippen molar-refractivity contribution in [1.82, 2.24) is 55.4 Å². The fourth-order valence-electron chi connectivity index (χ4n) is 10.2. The second-order valence-corrected chi connectivity index (χ2v) is 24.0. The number of aryl methyl sites for hydroxylation is 2. The van der Waals surface area contributed by atoms with Crippen LogP contribution in [0.5, 0.6) is 5.75 Å². The summed E-state index contributed by atoms with van der Waals surface area (Å²) in [4.78, 5) is 72.0. The molecular formula is C61H82ClN13O11S. The van der Waals surface area contributed by atoms with Crippen molar-refractivity contribution in [3.05, 3.63) is 111 Å². The van der Waals surface area contributed by atoms with Gasteiger partial charge in [-0.15, -0.1) is 16.4 Å². The number of nitrogens with one attached hydrogen (secondary N) is 4. The molecule has 0 bridgehead atoms. The van der Waals surface area contributed by atoms with E-state index in [4.69, 9.17) is 45.0 Å². The van der Waals surface area contributed by atoms with Crippen LogP contribution in [0, 0.1) is 18.3 Å². The third-order valence-corrected chi connectivity index (χ3v) is 16.4. The maximum Gasteiger partial charge on any atom is 0.293 e. The summed E-state index contributed by atoms with van der Waals surface area (Å²) >= 11 is 8.15. The second-order valence-electron chi connectivity index (χ2n) is 22.8. The number of carbonyl (C=O) groups excluding carboxylic acids is 3. The lowest BCUT2D eigenvalue weighted by Gasteiger charge is -2.35. The van der Waals surface area contributed by atoms with Crippen molar-refractivity contribution in [2.24, 2.45) is 18.4 Å². The zero-order valence-corrected chi connectivity index (χ0v) is 52.3. The van der Waals surface area contributed by atoms with E-state index in [1.807, 2.05) is 88.8 Å². The molecule has 26 heteroatoms. The van der Waals surface area contributed by atoms with Crippen molar-refractivity contribution in [3.63, 3.8) is 0 Å². The SMILES string of the molecule is C=C(COc1cc2cc(Nc3nc(N4CCC(Cc5cn(CCOCCOCCOCCOCCOCC(=O)N[C@H](C(=O)N6C[C@H](O)C[C@H]6C(=O)N[C@@H](C)c6ccc(-c7scnc7C)cc6)C(C)(C)C)nn5)CC4)ncc3Cl)ccc2n(C)c1=O)NC. The van der Waals surface area contributed by atoms with E-state index in [1.54, 1.807) is 46.9 Å². The van der Waals surface area contributed by atoms with Crippen LogP contribution in [0.1, 0.15) is 70.0 Å². The van der Waals surface area contributed by atoms with Gasteiger partial charge in [0.15, 0.2) is 11.6 Å². The van der Waals surface area contributed by atoms with Crippen LogP contribution in [-0.4, -0.2) is 180 Å². The van der Waals surface area contributed by atoms with Gasteiger partial charge in [0.25, 0.3) is 5.56 Å². The average molecular weight is 1240 g/mol. The first-order valence-corrected chi connectivity index (χ1v) is 30.6. The summed E-state index contributed by atoms with van der Waals surface area (Å²) in [5, 5.41) is 32.7. The predicted octanol–water partition coefficient (Wildman–Crippen LogP) is 5.77. The molecule has 0 aliphatic carbocycles. The van der Waals surface area contributed by atoms with Gasteiger partial charge in [-0.25, -0.2) is 14.6 Å². The first-order valence-electron chi connectivity index (χ1n) is 29.4. The van der Waals surface area contributed by atoms with E-state index in [2.05, 4.69) is 53.0 Å².